The molecule has 0 atom stereocenters. The van der Waals surface area contributed by atoms with E-state index in [1.807, 2.05) is 24.3 Å². The number of para-hydroxylation sites is 1. The molecule has 0 aliphatic carbocycles. The van der Waals surface area contributed by atoms with Crippen LogP contribution in [0.25, 0.3) is 49.7 Å². The average molecular weight is 697 g/mol. The molecule has 0 spiro atoms. The van der Waals surface area contributed by atoms with E-state index in [9.17, 15) is 10.5 Å². The fourth-order valence-electron chi connectivity index (χ4n) is 6.05. The van der Waals surface area contributed by atoms with Gasteiger partial charge in [-0.1, -0.05) is 60.7 Å². The lowest BCUT2D eigenvalue weighted by atomic mass is 9.78. The zero-order valence-electron chi connectivity index (χ0n) is 25.4. The van der Waals surface area contributed by atoms with Crippen molar-refractivity contribution < 1.29 is 9.31 Å². The fourth-order valence-corrected chi connectivity index (χ4v) is 6.60. The van der Waals surface area contributed by atoms with Crippen molar-refractivity contribution in [2.24, 2.45) is 0 Å². The maximum Gasteiger partial charge on any atom is 0.494 e. The zero-order valence-corrected chi connectivity index (χ0v) is 27.6. The molecule has 7 heteroatoms. The number of benzene rings is 5. The van der Waals surface area contributed by atoms with Gasteiger partial charge in [0.15, 0.2) is 0 Å². The number of fused-ring (bicyclic) bond motifs is 3. The standard InChI is InChI=1S/C38H29BIN3O2/c1-37(2)38(3,4)45-39(44-37)30-15-16-35-33(21-30)32-13-5-6-14-34(32)43(35)31-12-8-11-26(20-31)24-9-7-10-25(17-24)27-18-28(22-41)36(40)29(19-27)23-42/h5-21H,1-4H3. The molecule has 2 heterocycles. The van der Waals surface area contributed by atoms with Gasteiger partial charge < -0.3 is 13.9 Å². The third-order valence-corrected chi connectivity index (χ3v) is 10.3. The van der Waals surface area contributed by atoms with E-state index in [4.69, 9.17) is 9.31 Å². The summed E-state index contributed by atoms with van der Waals surface area (Å²) in [6, 6.07) is 39.9. The Balaban J connectivity index is 1.32. The van der Waals surface area contributed by atoms with Crippen LogP contribution >= 0.6 is 22.6 Å². The largest absolute Gasteiger partial charge is 0.494 e. The maximum absolute atomic E-state index is 9.65. The van der Waals surface area contributed by atoms with Gasteiger partial charge in [0.05, 0.1) is 33.4 Å². The predicted molar refractivity (Wildman–Crippen MR) is 190 cm³/mol. The van der Waals surface area contributed by atoms with Crippen LogP contribution in [0.4, 0.5) is 0 Å². The van der Waals surface area contributed by atoms with Crippen LogP contribution in [0.2, 0.25) is 0 Å². The van der Waals surface area contributed by atoms with Gasteiger partial charge in [0, 0.05) is 20.0 Å². The molecule has 1 aliphatic rings. The molecule has 1 fully saturated rings. The molecule has 1 aliphatic heterocycles. The normalized spacial score (nSPS) is 15.3. The van der Waals surface area contributed by atoms with Gasteiger partial charge in [0.25, 0.3) is 0 Å². The molecule has 218 valence electrons. The third-order valence-electron chi connectivity index (χ3n) is 9.17. The summed E-state index contributed by atoms with van der Waals surface area (Å²) in [5.74, 6) is 0. The van der Waals surface area contributed by atoms with E-state index >= 15 is 0 Å². The Morgan fingerprint density at radius 1 is 0.622 bits per heavy atom. The minimum atomic E-state index is -0.432. The van der Waals surface area contributed by atoms with E-state index in [2.05, 4.69) is 146 Å². The number of hydrogen-bond acceptors (Lipinski definition) is 4. The van der Waals surface area contributed by atoms with Crippen molar-refractivity contribution in [3.8, 4) is 40.1 Å². The molecule has 5 nitrogen and oxygen atoms in total. The second kappa shape index (κ2) is 10.9. The van der Waals surface area contributed by atoms with Gasteiger partial charge in [-0.25, -0.2) is 0 Å². The Hall–Kier alpha value is -4.41. The Kier molecular flexibility index (Phi) is 7.09. The van der Waals surface area contributed by atoms with Crippen molar-refractivity contribution in [3.63, 3.8) is 0 Å². The van der Waals surface area contributed by atoms with Crippen LogP contribution in [0.3, 0.4) is 0 Å². The van der Waals surface area contributed by atoms with Crippen molar-refractivity contribution in [2.75, 3.05) is 0 Å². The van der Waals surface area contributed by atoms with Crippen LogP contribution in [0, 0.1) is 26.2 Å². The molecule has 0 bridgehead atoms. The molecule has 0 radical (unpaired) electrons. The summed E-state index contributed by atoms with van der Waals surface area (Å²) in [5, 5.41) is 21.6. The van der Waals surface area contributed by atoms with Gasteiger partial charge in [0.2, 0.25) is 0 Å². The molecule has 0 amide bonds. The van der Waals surface area contributed by atoms with E-state index in [1.165, 1.54) is 5.39 Å². The molecule has 45 heavy (non-hydrogen) atoms. The Morgan fingerprint density at radius 3 is 1.87 bits per heavy atom. The SMILES string of the molecule is CC1(C)OB(c2ccc3c(c2)c2ccccc2n3-c2cccc(-c3cccc(-c4cc(C#N)c(I)c(C#N)c4)c3)c2)OC1(C)C. The smallest absolute Gasteiger partial charge is 0.399 e. The monoisotopic (exact) mass is 697 g/mol. The molecule has 7 rings (SSSR count). The van der Waals surface area contributed by atoms with Gasteiger partial charge in [-0.05, 0) is 120 Å². The van der Waals surface area contributed by atoms with Crippen molar-refractivity contribution in [3.05, 3.63) is 118 Å². The predicted octanol–water partition coefficient (Wildman–Crippen LogP) is 8.76. The highest BCUT2D eigenvalue weighted by Crippen LogP contribution is 2.38. The van der Waals surface area contributed by atoms with Crippen LogP contribution in [-0.4, -0.2) is 22.9 Å². The molecule has 1 saturated heterocycles. The molecular formula is C38H29BIN3O2. The van der Waals surface area contributed by atoms with Gasteiger partial charge in [-0.2, -0.15) is 10.5 Å². The Bertz CT molecular complexity index is 2190. The van der Waals surface area contributed by atoms with Crippen LogP contribution in [0.1, 0.15) is 38.8 Å². The summed E-state index contributed by atoms with van der Waals surface area (Å²) >= 11 is 2.07. The number of aromatic nitrogens is 1. The maximum atomic E-state index is 9.65. The van der Waals surface area contributed by atoms with Crippen molar-refractivity contribution in [1.29, 1.82) is 10.5 Å². The minimum Gasteiger partial charge on any atom is -0.399 e. The molecule has 6 aromatic rings. The van der Waals surface area contributed by atoms with Crippen LogP contribution < -0.4 is 5.46 Å². The first-order valence-electron chi connectivity index (χ1n) is 14.8. The van der Waals surface area contributed by atoms with E-state index in [-0.39, 0.29) is 0 Å². The number of nitrogens with zero attached hydrogens (tertiary/aromatic N) is 3. The fraction of sp³-hybridized carbons (Fsp3) is 0.158. The van der Waals surface area contributed by atoms with Crippen molar-refractivity contribution >= 4 is 57.0 Å². The third kappa shape index (κ3) is 4.93. The molecule has 0 unspecified atom stereocenters. The first kappa shape index (κ1) is 29.3. The van der Waals surface area contributed by atoms with Gasteiger partial charge >= 0.3 is 7.12 Å². The number of halogens is 1. The Morgan fingerprint density at radius 2 is 1.20 bits per heavy atom. The Labute approximate surface area is 276 Å². The molecule has 1 aromatic heterocycles. The molecule has 0 saturated carbocycles. The van der Waals surface area contributed by atoms with E-state index in [0.717, 1.165) is 49.8 Å². The quantitative estimate of drug-likeness (QED) is 0.137. The number of rotatable bonds is 4. The first-order valence-corrected chi connectivity index (χ1v) is 15.9. The second-order valence-electron chi connectivity index (χ2n) is 12.5. The lowest BCUT2D eigenvalue weighted by Gasteiger charge is -2.32. The van der Waals surface area contributed by atoms with Gasteiger partial charge in [-0.15, -0.1) is 0 Å². The van der Waals surface area contributed by atoms with Gasteiger partial charge in [-0.3, -0.25) is 0 Å². The lowest BCUT2D eigenvalue weighted by Crippen LogP contribution is -2.41. The summed E-state index contributed by atoms with van der Waals surface area (Å²) in [7, 11) is -0.432. The highest BCUT2D eigenvalue weighted by Gasteiger charge is 2.51. The second-order valence-corrected chi connectivity index (χ2v) is 13.5. The summed E-state index contributed by atoms with van der Waals surface area (Å²) in [6.07, 6.45) is 0. The number of hydrogen-bond donors (Lipinski definition) is 0. The van der Waals surface area contributed by atoms with E-state index in [1.54, 1.807) is 0 Å². The summed E-state index contributed by atoms with van der Waals surface area (Å²) < 4.78 is 15.7. The molecule has 5 aromatic carbocycles. The van der Waals surface area contributed by atoms with Crippen LogP contribution in [0.5, 0.6) is 0 Å². The zero-order chi connectivity index (χ0) is 31.5. The van der Waals surface area contributed by atoms with Crippen molar-refractivity contribution in [1.82, 2.24) is 4.57 Å². The highest BCUT2D eigenvalue weighted by atomic mass is 127. The van der Waals surface area contributed by atoms with Gasteiger partial charge in [0.1, 0.15) is 12.1 Å². The summed E-state index contributed by atoms with van der Waals surface area (Å²) in [5.41, 5.74) is 8.40. The van der Waals surface area contributed by atoms with Crippen LogP contribution in [0.15, 0.2) is 103 Å². The lowest BCUT2D eigenvalue weighted by molar-refractivity contribution is 0.00578. The summed E-state index contributed by atoms with van der Waals surface area (Å²) in [6.45, 7) is 8.31. The minimum absolute atomic E-state index is 0.409. The van der Waals surface area contributed by atoms with Crippen LogP contribution in [-0.2, 0) is 9.31 Å². The first-order chi connectivity index (χ1) is 21.6. The highest BCUT2D eigenvalue weighted by molar-refractivity contribution is 14.1. The molecule has 0 N–H and O–H groups in total. The average Bonchev–Trinajstić information content (AvgIpc) is 3.49. The number of nitriles is 2. The van der Waals surface area contributed by atoms with E-state index in [0.29, 0.717) is 14.7 Å². The summed E-state index contributed by atoms with van der Waals surface area (Å²) in [4.78, 5) is 0. The van der Waals surface area contributed by atoms with E-state index < -0.39 is 18.3 Å². The molecular weight excluding hydrogens is 668 g/mol. The topological polar surface area (TPSA) is 71.0 Å². The van der Waals surface area contributed by atoms with Crippen molar-refractivity contribution in [2.45, 2.75) is 38.9 Å².